The number of H-pyrrole nitrogens is 1. The molecule has 0 bridgehead atoms. The first-order chi connectivity index (χ1) is 20.7. The molecule has 0 unspecified atom stereocenters. The van der Waals surface area contributed by atoms with Crippen LogP contribution in [0.15, 0.2) is 67.4 Å². The number of likely N-dealkylation sites (N-methyl/N-ethyl adjacent to an activating group) is 1. The number of fused-ring (bicyclic) bond motifs is 1. The number of aromatic amines is 1. The van der Waals surface area contributed by atoms with Crippen LogP contribution >= 0.6 is 0 Å². The lowest BCUT2D eigenvalue weighted by Crippen LogP contribution is -2.44. The highest BCUT2D eigenvalue weighted by Gasteiger charge is 2.34. The summed E-state index contributed by atoms with van der Waals surface area (Å²) in [6.07, 6.45) is 2.06. The van der Waals surface area contributed by atoms with E-state index in [2.05, 4.69) is 35.5 Å². The van der Waals surface area contributed by atoms with E-state index in [0.29, 0.717) is 41.9 Å². The van der Waals surface area contributed by atoms with Crippen molar-refractivity contribution in [3.8, 4) is 5.82 Å². The molecule has 3 aromatic heterocycles. The highest BCUT2D eigenvalue weighted by molar-refractivity contribution is 6.04. The van der Waals surface area contributed by atoms with E-state index in [1.54, 1.807) is 41.4 Å². The lowest BCUT2D eigenvalue weighted by Gasteiger charge is -2.33. The van der Waals surface area contributed by atoms with Gasteiger partial charge in [-0.15, -0.1) is 0 Å². The molecular weight excluding hydrogens is 559 g/mol. The molecule has 1 amide bonds. The van der Waals surface area contributed by atoms with Crippen molar-refractivity contribution in [3.05, 3.63) is 89.6 Å². The molecule has 2 aromatic carbocycles. The van der Waals surface area contributed by atoms with Crippen LogP contribution in [0.1, 0.15) is 27.0 Å². The Hall–Kier alpha value is -4.75. The fourth-order valence-corrected chi connectivity index (χ4v) is 5.14. The number of carbonyl (C=O) groups excluding carboxylic acids is 1. The number of hydrogen-bond donors (Lipinski definition) is 3. The summed E-state index contributed by atoms with van der Waals surface area (Å²) in [5, 5.41) is 6.84. The number of halogens is 3. The number of benzene rings is 2. The normalized spacial score (nSPS) is 14.7. The van der Waals surface area contributed by atoms with Crippen LogP contribution in [-0.4, -0.2) is 73.4 Å². The fourth-order valence-electron chi connectivity index (χ4n) is 5.14. The van der Waals surface area contributed by atoms with Gasteiger partial charge in [0.2, 0.25) is 5.95 Å². The van der Waals surface area contributed by atoms with E-state index < -0.39 is 17.6 Å². The van der Waals surface area contributed by atoms with Gasteiger partial charge in [0.25, 0.3) is 5.91 Å². The van der Waals surface area contributed by atoms with Crippen molar-refractivity contribution in [1.82, 2.24) is 34.3 Å². The molecule has 1 aliphatic rings. The Labute approximate surface area is 245 Å². The second-order valence-electron chi connectivity index (χ2n) is 10.6. The molecule has 5 aromatic rings. The molecule has 0 radical (unpaired) electrons. The molecule has 1 saturated heterocycles. The molecule has 3 N–H and O–H groups in total. The molecule has 0 spiro atoms. The molecule has 10 nitrogen and oxygen atoms in total. The number of piperazine rings is 1. The van der Waals surface area contributed by atoms with Gasteiger partial charge in [-0.1, -0.05) is 12.1 Å². The summed E-state index contributed by atoms with van der Waals surface area (Å²) in [7, 11) is 1.99. The van der Waals surface area contributed by atoms with Crippen molar-refractivity contribution in [2.75, 3.05) is 43.9 Å². The number of aromatic nitrogens is 5. The van der Waals surface area contributed by atoms with E-state index in [4.69, 9.17) is 0 Å². The van der Waals surface area contributed by atoms with E-state index in [0.717, 1.165) is 30.1 Å². The van der Waals surface area contributed by atoms with E-state index in [-0.39, 0.29) is 17.7 Å². The summed E-state index contributed by atoms with van der Waals surface area (Å²) in [5.74, 6) is 0.479. The second-order valence-corrected chi connectivity index (χ2v) is 10.6. The monoisotopic (exact) mass is 589 g/mol. The summed E-state index contributed by atoms with van der Waals surface area (Å²) in [6.45, 7) is 5.05. The van der Waals surface area contributed by atoms with Crippen molar-refractivity contribution in [2.45, 2.75) is 19.6 Å². The van der Waals surface area contributed by atoms with Gasteiger partial charge in [-0.2, -0.15) is 13.2 Å². The molecular formula is C30H30F3N9O. The average Bonchev–Trinajstić information content (AvgIpc) is 3.65. The predicted molar refractivity (Wildman–Crippen MR) is 158 cm³/mol. The zero-order valence-corrected chi connectivity index (χ0v) is 23.6. The first-order valence-corrected chi connectivity index (χ1v) is 13.8. The number of nitrogens with one attached hydrogen (secondary N) is 3. The zero-order chi connectivity index (χ0) is 30.1. The lowest BCUT2D eigenvalue weighted by atomic mass is 10.0. The number of imidazole rings is 1. The molecule has 1 fully saturated rings. The minimum Gasteiger partial charge on any atom is -0.346 e. The van der Waals surface area contributed by atoms with Crippen LogP contribution < -0.4 is 10.6 Å². The van der Waals surface area contributed by atoms with E-state index in [9.17, 15) is 18.0 Å². The summed E-state index contributed by atoms with van der Waals surface area (Å²) in [5.41, 5.74) is 1.93. The maximum atomic E-state index is 14.1. The minimum atomic E-state index is -4.59. The maximum Gasteiger partial charge on any atom is 0.416 e. The molecule has 222 valence electrons. The molecule has 43 heavy (non-hydrogen) atoms. The van der Waals surface area contributed by atoms with Crippen molar-refractivity contribution in [3.63, 3.8) is 0 Å². The number of aryl methyl sites for hydroxylation is 1. The number of rotatable bonds is 7. The van der Waals surface area contributed by atoms with Crippen LogP contribution in [0.25, 0.3) is 16.9 Å². The van der Waals surface area contributed by atoms with E-state index in [1.807, 2.05) is 24.9 Å². The first-order valence-electron chi connectivity index (χ1n) is 13.8. The van der Waals surface area contributed by atoms with Gasteiger partial charge in [-0.3, -0.25) is 14.3 Å². The number of nitrogens with zero attached hydrogens (tertiary/aromatic N) is 6. The predicted octanol–water partition coefficient (Wildman–Crippen LogP) is 5.21. The van der Waals surface area contributed by atoms with Gasteiger partial charge in [0.05, 0.1) is 10.9 Å². The van der Waals surface area contributed by atoms with Crippen LogP contribution in [-0.2, 0) is 12.7 Å². The maximum absolute atomic E-state index is 14.1. The van der Waals surface area contributed by atoms with Gasteiger partial charge in [-0.25, -0.2) is 15.0 Å². The van der Waals surface area contributed by atoms with E-state index >= 15 is 0 Å². The fraction of sp³-hybridized carbons (Fsp3) is 0.267. The second kappa shape index (κ2) is 11.5. The Morgan fingerprint density at radius 1 is 1.02 bits per heavy atom. The SMILES string of the molecule is Cc1ccc(NC(=O)c2ccc(CN3CCN(C)CC3)c(C(F)(F)F)c2)cc1Nc1nccn1-c1ncnc2[nH]ccc12. The van der Waals surface area contributed by atoms with Crippen molar-refractivity contribution >= 4 is 34.3 Å². The number of anilines is 3. The molecule has 0 aliphatic carbocycles. The van der Waals surface area contributed by atoms with Crippen LogP contribution in [0, 0.1) is 6.92 Å². The Morgan fingerprint density at radius 2 is 1.84 bits per heavy atom. The average molecular weight is 590 g/mol. The first kappa shape index (κ1) is 28.4. The van der Waals surface area contributed by atoms with Gasteiger partial charge in [0.15, 0.2) is 5.82 Å². The Bertz CT molecular complexity index is 1770. The summed E-state index contributed by atoms with van der Waals surface area (Å²) >= 11 is 0. The third-order valence-electron chi connectivity index (χ3n) is 7.61. The zero-order valence-electron chi connectivity index (χ0n) is 23.6. The van der Waals surface area contributed by atoms with E-state index in [1.165, 1.54) is 18.5 Å². The number of alkyl halides is 3. The lowest BCUT2D eigenvalue weighted by molar-refractivity contribution is -0.138. The van der Waals surface area contributed by atoms with Crippen LogP contribution in [0.4, 0.5) is 30.5 Å². The Balaban J connectivity index is 1.21. The number of carbonyl (C=O) groups is 1. The number of hydrogen-bond acceptors (Lipinski definition) is 7. The van der Waals surface area contributed by atoms with Gasteiger partial charge in [0.1, 0.15) is 12.0 Å². The number of amides is 1. The highest BCUT2D eigenvalue weighted by Crippen LogP contribution is 2.34. The highest BCUT2D eigenvalue weighted by atomic mass is 19.4. The van der Waals surface area contributed by atoms with Crippen molar-refractivity contribution in [1.29, 1.82) is 0 Å². The molecule has 6 rings (SSSR count). The largest absolute Gasteiger partial charge is 0.416 e. The topological polar surface area (TPSA) is 107 Å². The minimum absolute atomic E-state index is 0.0700. The van der Waals surface area contributed by atoms with Crippen LogP contribution in [0.5, 0.6) is 0 Å². The van der Waals surface area contributed by atoms with Gasteiger partial charge in [-0.05, 0) is 55.4 Å². The standard InChI is InChI=1S/C30H30F3N9O/c1-19-3-6-22(16-25(19)39-29-35-9-10-42(29)27-23-7-8-34-26(23)36-18-37-27)38-28(43)20-4-5-21(24(15-20)30(31,32)33)17-41-13-11-40(2)12-14-41/h3-10,15-16,18H,11-14,17H2,1-2H3,(H,35,39)(H,38,43)(H,34,36,37). The summed E-state index contributed by atoms with van der Waals surface area (Å²) < 4.78 is 43.9. The van der Waals surface area contributed by atoms with Crippen molar-refractivity contribution in [2.24, 2.45) is 0 Å². The third-order valence-corrected chi connectivity index (χ3v) is 7.61. The summed E-state index contributed by atoms with van der Waals surface area (Å²) in [6, 6.07) is 10.9. The summed E-state index contributed by atoms with van der Waals surface area (Å²) in [4.78, 5) is 33.4. The molecule has 4 heterocycles. The molecule has 1 aliphatic heterocycles. The smallest absolute Gasteiger partial charge is 0.346 e. The van der Waals surface area contributed by atoms with Crippen molar-refractivity contribution < 1.29 is 18.0 Å². The quantitative estimate of drug-likeness (QED) is 0.239. The van der Waals surface area contributed by atoms with Gasteiger partial charge in [0, 0.05) is 68.3 Å². The van der Waals surface area contributed by atoms with Gasteiger partial charge < -0.3 is 20.5 Å². The third kappa shape index (κ3) is 6.08. The van der Waals surface area contributed by atoms with Crippen LogP contribution in [0.2, 0.25) is 0 Å². The van der Waals surface area contributed by atoms with Crippen LogP contribution in [0.3, 0.4) is 0 Å². The van der Waals surface area contributed by atoms with Gasteiger partial charge >= 0.3 is 6.18 Å². The molecule has 0 atom stereocenters. The molecule has 13 heteroatoms. The molecule has 0 saturated carbocycles. The Kier molecular flexibility index (Phi) is 7.59. The Morgan fingerprint density at radius 3 is 2.63 bits per heavy atom.